The van der Waals surface area contributed by atoms with Crippen LogP contribution >= 0.6 is 0 Å². The lowest BCUT2D eigenvalue weighted by atomic mass is 10.1. The first-order valence-corrected chi connectivity index (χ1v) is 9.74. The fourth-order valence-electron chi connectivity index (χ4n) is 3.28. The van der Waals surface area contributed by atoms with E-state index >= 15 is 0 Å². The van der Waals surface area contributed by atoms with Crippen LogP contribution in [0, 0.1) is 19.7 Å². The predicted molar refractivity (Wildman–Crippen MR) is 113 cm³/mol. The highest BCUT2D eigenvalue weighted by atomic mass is 19.1. The van der Waals surface area contributed by atoms with E-state index in [1.165, 1.54) is 18.2 Å². The third kappa shape index (κ3) is 5.51. The molecular formula is C23H26FN3O2. The second kappa shape index (κ2) is 9.47. The maximum atomic E-state index is 13.6. The van der Waals surface area contributed by atoms with Crippen molar-refractivity contribution >= 4 is 23.6 Å². The maximum Gasteiger partial charge on any atom is 0.246 e. The van der Waals surface area contributed by atoms with Crippen LogP contribution in [0.4, 0.5) is 10.1 Å². The van der Waals surface area contributed by atoms with Crippen LogP contribution in [0.25, 0.3) is 6.08 Å². The Morgan fingerprint density at radius 1 is 1.03 bits per heavy atom. The largest absolute Gasteiger partial charge is 0.337 e. The topological polar surface area (TPSA) is 52.7 Å². The quantitative estimate of drug-likeness (QED) is 0.791. The van der Waals surface area contributed by atoms with Crippen molar-refractivity contribution in [1.29, 1.82) is 0 Å². The summed E-state index contributed by atoms with van der Waals surface area (Å²) in [5, 5.41) is 2.97. The number of nitrogens with zero attached hydrogens (tertiary/aromatic N) is 2. The zero-order chi connectivity index (χ0) is 20.8. The number of rotatable bonds is 5. The molecule has 1 aliphatic heterocycles. The van der Waals surface area contributed by atoms with Crippen molar-refractivity contribution in [2.45, 2.75) is 13.8 Å². The van der Waals surface area contributed by atoms with Crippen LogP contribution in [0.5, 0.6) is 0 Å². The minimum absolute atomic E-state index is 0.0575. The highest BCUT2D eigenvalue weighted by Crippen LogP contribution is 2.18. The summed E-state index contributed by atoms with van der Waals surface area (Å²) in [5.74, 6) is -0.554. The molecule has 0 spiro atoms. The Hall–Kier alpha value is -2.99. The SMILES string of the molecule is Cc1cccc(NC(=O)CN2CCN(C(=O)C=Cc3ccccc3F)CC2)c1C. The number of piperazine rings is 1. The Bertz CT molecular complexity index is 918. The second-order valence-corrected chi connectivity index (χ2v) is 7.25. The Morgan fingerprint density at radius 2 is 1.76 bits per heavy atom. The van der Waals surface area contributed by atoms with Gasteiger partial charge in [0, 0.05) is 43.5 Å². The lowest BCUT2D eigenvalue weighted by molar-refractivity contribution is -0.127. The van der Waals surface area contributed by atoms with Crippen molar-refractivity contribution in [3.8, 4) is 0 Å². The van der Waals surface area contributed by atoms with E-state index in [0.717, 1.165) is 16.8 Å². The molecule has 152 valence electrons. The van der Waals surface area contributed by atoms with Crippen LogP contribution in [-0.2, 0) is 9.59 Å². The molecule has 0 atom stereocenters. The molecule has 1 fully saturated rings. The number of benzene rings is 2. The predicted octanol–water partition coefficient (Wildman–Crippen LogP) is 3.24. The van der Waals surface area contributed by atoms with E-state index in [1.54, 1.807) is 23.1 Å². The summed E-state index contributed by atoms with van der Waals surface area (Å²) >= 11 is 0. The highest BCUT2D eigenvalue weighted by Gasteiger charge is 2.21. The minimum Gasteiger partial charge on any atom is -0.337 e. The Morgan fingerprint density at radius 3 is 2.48 bits per heavy atom. The molecule has 2 aromatic carbocycles. The van der Waals surface area contributed by atoms with Crippen LogP contribution in [0.3, 0.4) is 0 Å². The van der Waals surface area contributed by atoms with E-state index in [9.17, 15) is 14.0 Å². The first kappa shape index (κ1) is 20.7. The molecular weight excluding hydrogens is 369 g/mol. The lowest BCUT2D eigenvalue weighted by Crippen LogP contribution is -2.50. The van der Waals surface area contributed by atoms with Gasteiger partial charge in [-0.2, -0.15) is 0 Å². The number of hydrogen-bond acceptors (Lipinski definition) is 3. The van der Waals surface area contributed by atoms with Crippen molar-refractivity contribution < 1.29 is 14.0 Å². The summed E-state index contributed by atoms with van der Waals surface area (Å²) in [6, 6.07) is 12.2. The van der Waals surface area contributed by atoms with Crippen LogP contribution in [-0.4, -0.2) is 54.3 Å². The van der Waals surface area contributed by atoms with Gasteiger partial charge in [-0.25, -0.2) is 4.39 Å². The van der Waals surface area contributed by atoms with Gasteiger partial charge >= 0.3 is 0 Å². The summed E-state index contributed by atoms with van der Waals surface area (Å²) in [6.07, 6.45) is 2.91. The molecule has 6 heteroatoms. The van der Waals surface area contributed by atoms with Gasteiger partial charge < -0.3 is 10.2 Å². The average Bonchev–Trinajstić information content (AvgIpc) is 2.71. The molecule has 2 aromatic rings. The molecule has 1 N–H and O–H groups in total. The third-order valence-electron chi connectivity index (χ3n) is 5.24. The number of aryl methyl sites for hydroxylation is 1. The van der Waals surface area contributed by atoms with Gasteiger partial charge in [-0.1, -0.05) is 30.3 Å². The van der Waals surface area contributed by atoms with Crippen LogP contribution in [0.2, 0.25) is 0 Å². The molecule has 1 aliphatic rings. The molecule has 1 saturated heterocycles. The summed E-state index contributed by atoms with van der Waals surface area (Å²) < 4.78 is 13.6. The smallest absolute Gasteiger partial charge is 0.246 e. The van der Waals surface area contributed by atoms with Crippen molar-refractivity contribution in [3.63, 3.8) is 0 Å². The number of carbonyl (C=O) groups is 2. The molecule has 0 aromatic heterocycles. The zero-order valence-corrected chi connectivity index (χ0v) is 16.8. The van der Waals surface area contributed by atoms with Crippen molar-refractivity contribution in [2.24, 2.45) is 0 Å². The van der Waals surface area contributed by atoms with Gasteiger partial charge in [-0.05, 0) is 43.2 Å². The summed E-state index contributed by atoms with van der Waals surface area (Å²) in [4.78, 5) is 28.5. The third-order valence-corrected chi connectivity index (χ3v) is 5.24. The minimum atomic E-state index is -0.351. The van der Waals surface area contributed by atoms with E-state index in [-0.39, 0.29) is 17.6 Å². The standard InChI is InChI=1S/C23H26FN3O2/c1-17-6-5-9-21(18(17)2)25-22(28)16-26-12-14-27(15-13-26)23(29)11-10-19-7-3-4-8-20(19)24/h3-11H,12-16H2,1-2H3,(H,25,28). The number of carbonyl (C=O) groups excluding carboxylic acids is 2. The molecule has 2 amide bonds. The summed E-state index contributed by atoms with van der Waals surface area (Å²) in [7, 11) is 0. The average molecular weight is 395 g/mol. The summed E-state index contributed by atoms with van der Waals surface area (Å²) in [6.45, 7) is 6.62. The zero-order valence-electron chi connectivity index (χ0n) is 16.8. The summed E-state index contributed by atoms with van der Waals surface area (Å²) in [5.41, 5.74) is 3.43. The normalized spacial score (nSPS) is 14.9. The second-order valence-electron chi connectivity index (χ2n) is 7.25. The molecule has 0 unspecified atom stereocenters. The van der Waals surface area contributed by atoms with Gasteiger partial charge in [0.1, 0.15) is 5.82 Å². The Kier molecular flexibility index (Phi) is 6.77. The molecule has 3 rings (SSSR count). The number of anilines is 1. The number of halogens is 1. The first-order chi connectivity index (χ1) is 13.9. The van der Waals surface area contributed by atoms with Crippen molar-refractivity contribution in [1.82, 2.24) is 9.80 Å². The van der Waals surface area contributed by atoms with E-state index in [2.05, 4.69) is 5.32 Å². The fourth-order valence-corrected chi connectivity index (χ4v) is 3.28. The van der Waals surface area contributed by atoms with Crippen molar-refractivity contribution in [3.05, 3.63) is 71.0 Å². The van der Waals surface area contributed by atoms with E-state index in [4.69, 9.17) is 0 Å². The van der Waals surface area contributed by atoms with E-state index in [1.807, 2.05) is 36.9 Å². The van der Waals surface area contributed by atoms with Gasteiger partial charge in [0.15, 0.2) is 0 Å². The van der Waals surface area contributed by atoms with Crippen LogP contribution < -0.4 is 5.32 Å². The monoisotopic (exact) mass is 395 g/mol. The lowest BCUT2D eigenvalue weighted by Gasteiger charge is -2.33. The van der Waals surface area contributed by atoms with E-state index in [0.29, 0.717) is 38.3 Å². The Balaban J connectivity index is 1.47. The van der Waals surface area contributed by atoms with Gasteiger partial charge in [-0.15, -0.1) is 0 Å². The molecule has 0 bridgehead atoms. The number of amides is 2. The maximum absolute atomic E-state index is 13.6. The van der Waals surface area contributed by atoms with Gasteiger partial charge in [0.25, 0.3) is 0 Å². The number of nitrogens with one attached hydrogen (secondary N) is 1. The fraction of sp³-hybridized carbons (Fsp3) is 0.304. The van der Waals surface area contributed by atoms with Gasteiger partial charge in [0.05, 0.1) is 6.54 Å². The Labute approximate surface area is 170 Å². The number of hydrogen-bond donors (Lipinski definition) is 1. The molecule has 0 aliphatic carbocycles. The van der Waals surface area contributed by atoms with Crippen LogP contribution in [0.15, 0.2) is 48.5 Å². The molecule has 0 saturated carbocycles. The molecule has 5 nitrogen and oxygen atoms in total. The first-order valence-electron chi connectivity index (χ1n) is 9.74. The molecule has 1 heterocycles. The van der Waals surface area contributed by atoms with Crippen LogP contribution in [0.1, 0.15) is 16.7 Å². The van der Waals surface area contributed by atoms with E-state index < -0.39 is 0 Å². The van der Waals surface area contributed by atoms with Gasteiger partial charge in [-0.3, -0.25) is 14.5 Å². The molecule has 0 radical (unpaired) electrons. The molecule has 29 heavy (non-hydrogen) atoms. The highest BCUT2D eigenvalue weighted by molar-refractivity contribution is 5.93. The van der Waals surface area contributed by atoms with Crippen molar-refractivity contribution in [2.75, 3.05) is 38.0 Å². The van der Waals surface area contributed by atoms with Gasteiger partial charge in [0.2, 0.25) is 11.8 Å².